The molecule has 6 heteroatoms. The molecule has 2 aromatic rings. The van der Waals surface area contributed by atoms with Crippen LogP contribution in [0.25, 0.3) is 0 Å². The van der Waals surface area contributed by atoms with Gasteiger partial charge in [-0.1, -0.05) is 52.3 Å². The van der Waals surface area contributed by atoms with Crippen molar-refractivity contribution in [1.82, 2.24) is 4.90 Å². The summed E-state index contributed by atoms with van der Waals surface area (Å²) in [5.74, 6) is -0.755. The molecular weight excluding hydrogens is 386 g/mol. The molecule has 0 aromatic heterocycles. The molecule has 5 nitrogen and oxygen atoms in total. The van der Waals surface area contributed by atoms with Crippen LogP contribution in [0.2, 0.25) is 0 Å². The highest BCUT2D eigenvalue weighted by atomic mass is 79.9. The van der Waals surface area contributed by atoms with E-state index >= 15 is 0 Å². The van der Waals surface area contributed by atoms with Crippen molar-refractivity contribution in [3.8, 4) is 0 Å². The molecule has 1 amide bonds. The first kappa shape index (κ1) is 17.6. The second-order valence-electron chi connectivity index (χ2n) is 5.64. The molecule has 1 saturated heterocycles. The van der Waals surface area contributed by atoms with Crippen LogP contribution < -0.4 is 0 Å². The third kappa shape index (κ3) is 4.46. The van der Waals surface area contributed by atoms with E-state index in [1.54, 1.807) is 35.2 Å². The molecule has 0 aliphatic carbocycles. The maximum absolute atomic E-state index is 12.9. The molecule has 1 aliphatic heterocycles. The van der Waals surface area contributed by atoms with Gasteiger partial charge in [0.1, 0.15) is 0 Å². The molecule has 1 heterocycles. The fourth-order valence-corrected chi connectivity index (χ4v) is 3.03. The smallest absolute Gasteiger partial charge is 0.339 e. The summed E-state index contributed by atoms with van der Waals surface area (Å²) in [4.78, 5) is 27.1. The predicted molar refractivity (Wildman–Crippen MR) is 96.1 cm³/mol. The van der Waals surface area contributed by atoms with Crippen LogP contribution in [0.3, 0.4) is 0 Å². The highest BCUT2D eigenvalue weighted by molar-refractivity contribution is 9.10. The third-order valence-electron chi connectivity index (χ3n) is 3.93. The highest BCUT2D eigenvalue weighted by Crippen LogP contribution is 2.23. The monoisotopic (exact) mass is 403 g/mol. The van der Waals surface area contributed by atoms with E-state index < -0.39 is 12.1 Å². The Morgan fingerprint density at radius 3 is 2.44 bits per heavy atom. The topological polar surface area (TPSA) is 55.8 Å². The Balaban J connectivity index is 1.83. The second kappa shape index (κ2) is 8.27. The van der Waals surface area contributed by atoms with E-state index in [9.17, 15) is 9.59 Å². The van der Waals surface area contributed by atoms with Crippen LogP contribution in [0.15, 0.2) is 59.1 Å². The van der Waals surface area contributed by atoms with Crippen LogP contribution in [0.5, 0.6) is 0 Å². The van der Waals surface area contributed by atoms with Crippen molar-refractivity contribution in [2.45, 2.75) is 6.10 Å². The fourth-order valence-electron chi connectivity index (χ4n) is 2.63. The minimum atomic E-state index is -0.967. The Morgan fingerprint density at radius 1 is 1.04 bits per heavy atom. The fraction of sp³-hybridized carbons (Fsp3) is 0.263. The molecule has 0 radical (unpaired) electrons. The van der Waals surface area contributed by atoms with Crippen LogP contribution in [-0.2, 0) is 14.3 Å². The molecular formula is C19H18BrNO4. The number of rotatable bonds is 4. The molecule has 25 heavy (non-hydrogen) atoms. The average Bonchev–Trinajstić information content (AvgIpc) is 2.67. The van der Waals surface area contributed by atoms with Crippen molar-refractivity contribution < 1.29 is 19.1 Å². The van der Waals surface area contributed by atoms with E-state index in [1.807, 2.05) is 24.3 Å². The van der Waals surface area contributed by atoms with E-state index in [0.717, 1.165) is 4.47 Å². The van der Waals surface area contributed by atoms with E-state index in [4.69, 9.17) is 9.47 Å². The lowest BCUT2D eigenvalue weighted by Crippen LogP contribution is -2.44. The van der Waals surface area contributed by atoms with Gasteiger partial charge in [0.2, 0.25) is 6.10 Å². The van der Waals surface area contributed by atoms with Crippen molar-refractivity contribution >= 4 is 27.8 Å². The number of hydrogen-bond acceptors (Lipinski definition) is 4. The maximum atomic E-state index is 12.9. The number of esters is 1. The summed E-state index contributed by atoms with van der Waals surface area (Å²) >= 11 is 3.34. The zero-order valence-electron chi connectivity index (χ0n) is 13.6. The summed E-state index contributed by atoms with van der Waals surface area (Å²) in [6.07, 6.45) is -0.967. The Kier molecular flexibility index (Phi) is 5.83. The number of nitrogens with zero attached hydrogens (tertiary/aromatic N) is 1. The molecule has 0 N–H and O–H groups in total. The summed E-state index contributed by atoms with van der Waals surface area (Å²) in [6.45, 7) is 1.98. The maximum Gasteiger partial charge on any atom is 0.339 e. The van der Waals surface area contributed by atoms with Gasteiger partial charge < -0.3 is 14.4 Å². The first-order valence-electron chi connectivity index (χ1n) is 8.03. The zero-order chi connectivity index (χ0) is 17.6. The molecule has 0 saturated carbocycles. The molecule has 0 unspecified atom stereocenters. The summed E-state index contributed by atoms with van der Waals surface area (Å²) < 4.78 is 11.7. The Morgan fingerprint density at radius 2 is 1.76 bits per heavy atom. The largest absolute Gasteiger partial charge is 0.444 e. The predicted octanol–water partition coefficient (Wildman–Crippen LogP) is 3.21. The number of halogens is 1. The minimum Gasteiger partial charge on any atom is -0.444 e. The van der Waals surface area contributed by atoms with E-state index in [2.05, 4.69) is 15.9 Å². The zero-order valence-corrected chi connectivity index (χ0v) is 15.1. The minimum absolute atomic E-state index is 0.224. The molecule has 2 aromatic carbocycles. The standard InChI is InChI=1S/C19H18BrNO4/c20-16-8-4-7-15(13-16)19(23)25-17(14-5-2-1-3-6-14)18(22)21-9-11-24-12-10-21/h1-8,13,17H,9-12H2/t17-/m1/s1. The van der Waals surface area contributed by atoms with E-state index in [0.29, 0.717) is 37.4 Å². The molecule has 130 valence electrons. The third-order valence-corrected chi connectivity index (χ3v) is 4.43. The average molecular weight is 404 g/mol. The van der Waals surface area contributed by atoms with Gasteiger partial charge in [0.15, 0.2) is 0 Å². The molecule has 1 fully saturated rings. The number of amides is 1. The highest BCUT2D eigenvalue weighted by Gasteiger charge is 2.30. The number of morpholine rings is 1. The van der Waals surface area contributed by atoms with Gasteiger partial charge in [-0.05, 0) is 18.2 Å². The van der Waals surface area contributed by atoms with Crippen molar-refractivity contribution in [3.63, 3.8) is 0 Å². The summed E-state index contributed by atoms with van der Waals surface area (Å²) in [5, 5.41) is 0. The molecule has 1 aliphatic rings. The van der Waals surface area contributed by atoms with Gasteiger partial charge in [-0.15, -0.1) is 0 Å². The quantitative estimate of drug-likeness (QED) is 0.735. The van der Waals surface area contributed by atoms with Crippen molar-refractivity contribution in [2.75, 3.05) is 26.3 Å². The molecule has 0 bridgehead atoms. The van der Waals surface area contributed by atoms with Gasteiger partial charge in [0.25, 0.3) is 5.91 Å². The SMILES string of the molecule is O=C(O[C@@H](C(=O)N1CCOCC1)c1ccccc1)c1cccc(Br)c1. The molecule has 1 atom stereocenters. The molecule has 0 spiro atoms. The van der Waals surface area contributed by atoms with Crippen LogP contribution in [0, 0.1) is 0 Å². The van der Waals surface area contributed by atoms with Gasteiger partial charge in [-0.2, -0.15) is 0 Å². The number of hydrogen-bond donors (Lipinski definition) is 0. The van der Waals surface area contributed by atoms with Gasteiger partial charge in [-0.25, -0.2) is 4.79 Å². The first-order chi connectivity index (χ1) is 12.1. The van der Waals surface area contributed by atoms with Gasteiger partial charge in [0, 0.05) is 23.1 Å². The number of carbonyl (C=O) groups excluding carboxylic acids is 2. The molecule has 3 rings (SSSR count). The number of carbonyl (C=O) groups is 2. The lowest BCUT2D eigenvalue weighted by molar-refractivity contribution is -0.145. The van der Waals surface area contributed by atoms with Crippen molar-refractivity contribution in [1.29, 1.82) is 0 Å². The van der Waals surface area contributed by atoms with E-state index in [-0.39, 0.29) is 5.91 Å². The van der Waals surface area contributed by atoms with Crippen LogP contribution in [-0.4, -0.2) is 43.1 Å². The van der Waals surface area contributed by atoms with Crippen LogP contribution in [0.4, 0.5) is 0 Å². The summed E-state index contributed by atoms with van der Waals surface area (Å²) in [6, 6.07) is 16.0. The van der Waals surface area contributed by atoms with Gasteiger partial charge in [-0.3, -0.25) is 4.79 Å². The summed E-state index contributed by atoms with van der Waals surface area (Å²) in [5.41, 5.74) is 1.05. The lowest BCUT2D eigenvalue weighted by Gasteiger charge is -2.30. The number of benzene rings is 2. The Labute approximate surface area is 154 Å². The van der Waals surface area contributed by atoms with Crippen molar-refractivity contribution in [2.24, 2.45) is 0 Å². The van der Waals surface area contributed by atoms with Gasteiger partial charge in [0.05, 0.1) is 18.8 Å². The summed E-state index contributed by atoms with van der Waals surface area (Å²) in [7, 11) is 0. The van der Waals surface area contributed by atoms with E-state index in [1.165, 1.54) is 0 Å². The Hall–Kier alpha value is -2.18. The second-order valence-corrected chi connectivity index (χ2v) is 6.56. The normalized spacial score (nSPS) is 15.5. The first-order valence-corrected chi connectivity index (χ1v) is 8.82. The lowest BCUT2D eigenvalue weighted by atomic mass is 10.1. The Bertz CT molecular complexity index is 744. The van der Waals surface area contributed by atoms with Crippen LogP contribution in [0.1, 0.15) is 22.0 Å². The van der Waals surface area contributed by atoms with Crippen molar-refractivity contribution in [3.05, 3.63) is 70.2 Å². The van der Waals surface area contributed by atoms with Gasteiger partial charge >= 0.3 is 5.97 Å². The van der Waals surface area contributed by atoms with Crippen LogP contribution >= 0.6 is 15.9 Å². The number of ether oxygens (including phenoxy) is 2.